The van der Waals surface area contributed by atoms with Crippen molar-refractivity contribution in [2.75, 3.05) is 32.0 Å². The number of hydrogen-bond acceptors (Lipinski definition) is 3. The number of allylic oxidation sites excluding steroid dienone is 1. The van der Waals surface area contributed by atoms with Crippen LogP contribution in [0.5, 0.6) is 0 Å². The molecule has 2 aliphatic rings. The van der Waals surface area contributed by atoms with E-state index < -0.39 is 0 Å². The van der Waals surface area contributed by atoms with E-state index in [-0.39, 0.29) is 6.03 Å². The molecule has 1 aromatic heterocycles. The first-order valence-corrected chi connectivity index (χ1v) is 13.1. The maximum atomic E-state index is 12.8. The van der Waals surface area contributed by atoms with Crippen LogP contribution >= 0.6 is 27.3 Å². The van der Waals surface area contributed by atoms with Crippen molar-refractivity contribution in [3.63, 3.8) is 0 Å². The summed E-state index contributed by atoms with van der Waals surface area (Å²) in [5, 5.41) is 7.15. The van der Waals surface area contributed by atoms with Gasteiger partial charge in [-0.2, -0.15) is 0 Å². The zero-order valence-corrected chi connectivity index (χ0v) is 21.6. The van der Waals surface area contributed by atoms with Gasteiger partial charge in [0.05, 0.1) is 0 Å². The van der Waals surface area contributed by atoms with E-state index in [4.69, 9.17) is 0 Å². The van der Waals surface area contributed by atoms with Gasteiger partial charge in [0.15, 0.2) is 0 Å². The van der Waals surface area contributed by atoms with Gasteiger partial charge in [-0.3, -0.25) is 0 Å². The topological polar surface area (TPSA) is 44.4 Å². The molecule has 2 amide bonds. The summed E-state index contributed by atoms with van der Waals surface area (Å²) in [5.74, 6) is 1.90. The van der Waals surface area contributed by atoms with Gasteiger partial charge in [-0.25, -0.2) is 0 Å². The number of anilines is 1. The molecule has 0 saturated heterocycles. The van der Waals surface area contributed by atoms with Gasteiger partial charge in [0.1, 0.15) is 0 Å². The fourth-order valence-electron chi connectivity index (χ4n) is 4.62. The Kier molecular flexibility index (Phi) is 9.17. The molecule has 1 aliphatic heterocycles. The summed E-state index contributed by atoms with van der Waals surface area (Å²) in [4.78, 5) is 16.6. The molecule has 0 spiro atoms. The Hall–Kier alpha value is -1.18. The average molecular weight is 504 g/mol. The SMILES string of the molecule is B=Cc1c(NC(=O)NC/C(C2=C(CCCC)CN(C)CC2)=C(/C)Br)sc2c1CCCC2. The Labute approximate surface area is 200 Å². The van der Waals surface area contributed by atoms with Gasteiger partial charge in [0.25, 0.3) is 0 Å². The summed E-state index contributed by atoms with van der Waals surface area (Å²) in [5.41, 5.74) is 6.67. The van der Waals surface area contributed by atoms with Crippen LogP contribution in [0.3, 0.4) is 0 Å². The number of halogens is 1. The Bertz CT molecular complexity index is 886. The van der Waals surface area contributed by atoms with E-state index in [9.17, 15) is 4.79 Å². The summed E-state index contributed by atoms with van der Waals surface area (Å²) in [7, 11) is 6.18. The summed E-state index contributed by atoms with van der Waals surface area (Å²) >= 11 is 5.43. The second-order valence-corrected chi connectivity index (χ2v) is 10.9. The van der Waals surface area contributed by atoms with Crippen molar-refractivity contribution in [3.05, 3.63) is 37.2 Å². The quantitative estimate of drug-likeness (QED) is 0.473. The van der Waals surface area contributed by atoms with Gasteiger partial charge in [-0.1, -0.05) is 13.3 Å². The van der Waals surface area contributed by atoms with Crippen LogP contribution in [0.1, 0.15) is 68.4 Å². The molecule has 0 atom stereocenters. The number of urea groups is 1. The van der Waals surface area contributed by atoms with E-state index in [1.165, 1.54) is 52.8 Å². The normalized spacial score (nSPS) is 17.8. The molecule has 7 heteroatoms. The molecule has 4 nitrogen and oxygen atoms in total. The standard InChI is InChI=1S/C24H35BBrN3OS/c1-4-5-8-17-15-29(3)12-11-18(17)21(16(2)26)14-27-24(30)28-23-20(13-25)19-9-6-7-10-22(19)31-23/h13,25H,4-12,14-15H2,1-3H3,(H2,27,28,30)/b21-16+. The van der Waals surface area contributed by atoms with Crippen LogP contribution in [0.25, 0.3) is 0 Å². The van der Waals surface area contributed by atoms with Crippen molar-refractivity contribution in [2.24, 2.45) is 0 Å². The minimum atomic E-state index is -0.142. The van der Waals surface area contributed by atoms with Crippen molar-refractivity contribution in [3.8, 4) is 0 Å². The summed E-state index contributed by atoms with van der Waals surface area (Å²) in [6, 6.07) is -0.142. The fourth-order valence-corrected chi connectivity index (χ4v) is 6.28. The molecule has 0 unspecified atom stereocenters. The van der Waals surface area contributed by atoms with Crippen LogP contribution in [0.15, 0.2) is 21.2 Å². The van der Waals surface area contributed by atoms with Crippen molar-refractivity contribution < 1.29 is 4.79 Å². The van der Waals surface area contributed by atoms with Gasteiger partial charge in [-0.15, -0.1) is 0 Å². The zero-order chi connectivity index (χ0) is 22.4. The number of aryl methyl sites for hydroxylation is 1. The number of nitrogens with one attached hydrogen (secondary N) is 2. The molecule has 168 valence electrons. The molecule has 0 saturated carbocycles. The number of carbonyl (C=O) groups is 1. The second-order valence-electron chi connectivity index (χ2n) is 8.65. The molecule has 31 heavy (non-hydrogen) atoms. The second kappa shape index (κ2) is 11.6. The molecule has 1 aliphatic carbocycles. The Morgan fingerprint density at radius 1 is 1.29 bits per heavy atom. The van der Waals surface area contributed by atoms with Crippen molar-refractivity contribution in [1.29, 1.82) is 0 Å². The third-order valence-corrected chi connectivity index (χ3v) is 8.01. The van der Waals surface area contributed by atoms with Crippen LogP contribution < -0.4 is 10.6 Å². The van der Waals surface area contributed by atoms with E-state index in [1.807, 2.05) is 5.97 Å². The molecule has 0 radical (unpaired) electrons. The number of carbonyl (C=O) groups excluding carboxylic acids is 1. The first kappa shape index (κ1) is 24.5. The predicted molar refractivity (Wildman–Crippen MR) is 141 cm³/mol. The number of unbranched alkanes of at least 4 members (excludes halogenated alkanes) is 1. The van der Waals surface area contributed by atoms with Crippen molar-refractivity contribution in [1.82, 2.24) is 10.2 Å². The van der Waals surface area contributed by atoms with Gasteiger partial charge >= 0.3 is 181 Å². The van der Waals surface area contributed by atoms with Crippen LogP contribution in [-0.4, -0.2) is 51.1 Å². The minimum absolute atomic E-state index is 0.142. The zero-order valence-electron chi connectivity index (χ0n) is 19.2. The van der Waals surface area contributed by atoms with Crippen LogP contribution in [0.4, 0.5) is 9.80 Å². The summed E-state index contributed by atoms with van der Waals surface area (Å²) < 4.78 is 1.11. The van der Waals surface area contributed by atoms with Crippen LogP contribution in [0.2, 0.25) is 0 Å². The first-order chi connectivity index (χ1) is 14.9. The summed E-state index contributed by atoms with van der Waals surface area (Å²) in [6.45, 7) is 6.94. The Morgan fingerprint density at radius 2 is 2.06 bits per heavy atom. The molecule has 2 heterocycles. The van der Waals surface area contributed by atoms with Crippen LogP contribution in [0, 0.1) is 0 Å². The maximum absolute atomic E-state index is 12.8. The molecule has 0 aromatic carbocycles. The predicted octanol–water partition coefficient (Wildman–Crippen LogP) is 5.29. The van der Waals surface area contributed by atoms with Gasteiger partial charge in [0.2, 0.25) is 0 Å². The molecule has 3 rings (SSSR count). The third-order valence-electron chi connectivity index (χ3n) is 6.31. The molecule has 1 aromatic rings. The fraction of sp³-hybridized carbons (Fsp3) is 0.583. The first-order valence-electron chi connectivity index (χ1n) is 11.5. The number of nitrogens with zero attached hydrogens (tertiary/aromatic N) is 1. The Morgan fingerprint density at radius 3 is 2.77 bits per heavy atom. The van der Waals surface area contributed by atoms with Gasteiger partial charge < -0.3 is 0 Å². The van der Waals surface area contributed by atoms with Crippen LogP contribution in [-0.2, 0) is 12.8 Å². The number of thiophene rings is 1. The monoisotopic (exact) mass is 503 g/mol. The molecule has 0 fully saturated rings. The number of rotatable bonds is 8. The van der Waals surface area contributed by atoms with E-state index in [0.29, 0.717) is 6.54 Å². The number of amides is 2. The van der Waals surface area contributed by atoms with Gasteiger partial charge in [-0.05, 0) is 7.05 Å². The van der Waals surface area contributed by atoms with E-state index in [2.05, 4.69) is 59.8 Å². The van der Waals surface area contributed by atoms with E-state index in [1.54, 1.807) is 11.3 Å². The van der Waals surface area contributed by atoms with Crippen molar-refractivity contribution in [2.45, 2.75) is 65.2 Å². The molecular weight excluding hydrogens is 469 g/mol. The number of fused-ring (bicyclic) bond motifs is 1. The van der Waals surface area contributed by atoms with Crippen molar-refractivity contribution >= 4 is 51.8 Å². The Balaban J connectivity index is 1.71. The summed E-state index contributed by atoms with van der Waals surface area (Å²) in [6.07, 6.45) is 9.24. The molecule has 2 N–H and O–H groups in total. The third kappa shape index (κ3) is 6.20. The van der Waals surface area contributed by atoms with Gasteiger partial charge in [0, 0.05) is 0 Å². The number of hydrogen-bond donors (Lipinski definition) is 2. The molecule has 0 bridgehead atoms. The van der Waals surface area contributed by atoms with E-state index in [0.717, 1.165) is 53.8 Å². The molecular formula is C24H35BBrN3OS. The average Bonchev–Trinajstić information content (AvgIpc) is 3.09. The number of likely N-dealkylation sites (N-methyl/N-ethyl adjacent to an activating group) is 1. The van der Waals surface area contributed by atoms with E-state index >= 15 is 0 Å².